The molecule has 0 saturated carbocycles. The first-order valence-electron chi connectivity index (χ1n) is 10.4. The number of rotatable bonds is 3. The molecule has 6 nitrogen and oxygen atoms in total. The van der Waals surface area contributed by atoms with E-state index in [-0.39, 0.29) is 18.0 Å². The van der Waals surface area contributed by atoms with Gasteiger partial charge in [0.1, 0.15) is 5.75 Å². The van der Waals surface area contributed by atoms with E-state index in [0.29, 0.717) is 28.4 Å². The maximum Gasteiger partial charge on any atom is 0.325 e. The number of hydrogen-bond acceptors (Lipinski definition) is 3. The third-order valence-electron chi connectivity index (χ3n) is 5.90. The van der Waals surface area contributed by atoms with Gasteiger partial charge in [0, 0.05) is 33.9 Å². The molecule has 5 rings (SSSR count). The third kappa shape index (κ3) is 3.56. The molecule has 3 aromatic rings. The van der Waals surface area contributed by atoms with Crippen molar-refractivity contribution in [3.63, 3.8) is 0 Å². The van der Waals surface area contributed by atoms with Gasteiger partial charge in [0.2, 0.25) is 0 Å². The fraction of sp³-hybridized carbons (Fsp3) is 0.200. The third-order valence-corrected chi connectivity index (χ3v) is 6.13. The van der Waals surface area contributed by atoms with E-state index in [9.17, 15) is 9.59 Å². The Kier molecular flexibility index (Phi) is 4.82. The van der Waals surface area contributed by atoms with Gasteiger partial charge in [-0.05, 0) is 74.0 Å². The molecule has 3 aromatic carbocycles. The quantitative estimate of drug-likeness (QED) is 0.543. The van der Waals surface area contributed by atoms with Crippen LogP contribution in [0.5, 0.6) is 5.75 Å². The second-order valence-corrected chi connectivity index (χ2v) is 8.81. The summed E-state index contributed by atoms with van der Waals surface area (Å²) in [6.45, 7) is 3.87. The molecule has 162 valence electrons. The molecule has 0 unspecified atom stereocenters. The normalized spacial score (nSPS) is 21.3. The van der Waals surface area contributed by atoms with Crippen molar-refractivity contribution in [3.05, 3.63) is 88.4 Å². The summed E-state index contributed by atoms with van der Waals surface area (Å²) < 4.78 is 6.28. The maximum atomic E-state index is 13.0. The highest BCUT2D eigenvalue weighted by molar-refractivity contribution is 6.30. The van der Waals surface area contributed by atoms with Crippen molar-refractivity contribution in [1.29, 1.82) is 0 Å². The van der Waals surface area contributed by atoms with Crippen LogP contribution in [-0.2, 0) is 0 Å². The van der Waals surface area contributed by atoms with Crippen LogP contribution in [0.3, 0.4) is 0 Å². The second-order valence-electron chi connectivity index (χ2n) is 8.37. The van der Waals surface area contributed by atoms with Crippen LogP contribution in [0.2, 0.25) is 5.02 Å². The van der Waals surface area contributed by atoms with E-state index in [1.54, 1.807) is 35.2 Å². The number of halogens is 1. The minimum atomic E-state index is -0.862. The van der Waals surface area contributed by atoms with Crippen LogP contribution in [0.1, 0.15) is 40.9 Å². The lowest BCUT2D eigenvalue weighted by atomic mass is 9.90. The van der Waals surface area contributed by atoms with Crippen molar-refractivity contribution >= 4 is 34.9 Å². The van der Waals surface area contributed by atoms with Crippen LogP contribution in [0, 0.1) is 6.92 Å². The van der Waals surface area contributed by atoms with Crippen molar-refractivity contribution in [2.75, 3.05) is 10.2 Å². The van der Waals surface area contributed by atoms with E-state index < -0.39 is 5.72 Å². The minimum Gasteiger partial charge on any atom is -0.467 e. The number of hydrogen-bond donors (Lipinski definition) is 2. The number of anilines is 2. The van der Waals surface area contributed by atoms with Gasteiger partial charge in [0.15, 0.2) is 5.72 Å². The Morgan fingerprint density at radius 1 is 1.16 bits per heavy atom. The summed E-state index contributed by atoms with van der Waals surface area (Å²) >= 11 is 6.14. The number of urea groups is 1. The molecule has 2 atom stereocenters. The van der Waals surface area contributed by atoms with Crippen molar-refractivity contribution in [3.8, 4) is 5.75 Å². The topological polar surface area (TPSA) is 70.7 Å². The molecular formula is C25H22ClN3O3. The first-order chi connectivity index (χ1) is 15.3. The van der Waals surface area contributed by atoms with Crippen LogP contribution >= 0.6 is 11.6 Å². The number of carbonyl (C=O) groups excluding carboxylic acids is 2. The number of carbonyl (C=O) groups is 2. The number of fused-ring (bicyclic) bond motifs is 4. The fourth-order valence-electron chi connectivity index (χ4n) is 4.42. The smallest absolute Gasteiger partial charge is 0.325 e. The van der Waals surface area contributed by atoms with Crippen LogP contribution in [0.15, 0.2) is 66.7 Å². The van der Waals surface area contributed by atoms with Gasteiger partial charge in [0.25, 0.3) is 5.91 Å². The van der Waals surface area contributed by atoms with E-state index in [1.807, 2.05) is 50.2 Å². The number of amides is 3. The zero-order chi connectivity index (χ0) is 22.5. The van der Waals surface area contributed by atoms with E-state index in [1.165, 1.54) is 0 Å². The SMILES string of the molecule is Cc1cccc(NC(=O)c2ccc(N3C(=O)N[C@H]4C[C@@]3(C)Oc3ccc(Cl)cc34)cc2)c1. The fourth-order valence-corrected chi connectivity index (χ4v) is 4.60. The Morgan fingerprint density at radius 3 is 2.69 bits per heavy atom. The van der Waals surface area contributed by atoms with Crippen molar-refractivity contribution in [2.24, 2.45) is 0 Å². The Hall–Kier alpha value is -3.51. The van der Waals surface area contributed by atoms with Gasteiger partial charge >= 0.3 is 6.03 Å². The zero-order valence-electron chi connectivity index (χ0n) is 17.7. The van der Waals surface area contributed by atoms with Crippen LogP contribution < -0.4 is 20.3 Å². The lowest BCUT2D eigenvalue weighted by Crippen LogP contribution is -2.65. The van der Waals surface area contributed by atoms with Crippen molar-refractivity contribution < 1.29 is 14.3 Å². The highest BCUT2D eigenvalue weighted by atomic mass is 35.5. The first-order valence-corrected chi connectivity index (χ1v) is 10.8. The standard InChI is InChI=1S/C25H22ClN3O3/c1-15-4-3-5-18(12-15)27-23(30)16-6-9-19(10-7-16)29-24(31)28-21-14-25(29,2)32-22-11-8-17(26)13-20(21)22/h3-13,21H,14H2,1-2H3,(H,27,30)(H,28,31)/t21-,25+/m0/s1. The summed E-state index contributed by atoms with van der Waals surface area (Å²) in [4.78, 5) is 27.3. The summed E-state index contributed by atoms with van der Waals surface area (Å²) in [5.41, 5.74) is 2.97. The van der Waals surface area contributed by atoms with E-state index in [4.69, 9.17) is 16.3 Å². The van der Waals surface area contributed by atoms with Gasteiger partial charge in [-0.15, -0.1) is 0 Å². The lowest BCUT2D eigenvalue weighted by Gasteiger charge is -2.50. The molecule has 32 heavy (non-hydrogen) atoms. The molecule has 3 amide bonds. The van der Waals surface area contributed by atoms with Gasteiger partial charge < -0.3 is 15.4 Å². The Balaban J connectivity index is 1.40. The summed E-state index contributed by atoms with van der Waals surface area (Å²) in [6.07, 6.45) is 0.571. The molecule has 1 fully saturated rings. The molecule has 2 aliphatic rings. The molecule has 0 spiro atoms. The Labute approximate surface area is 191 Å². The first kappa shape index (κ1) is 20.4. The summed E-state index contributed by atoms with van der Waals surface area (Å²) in [5.74, 6) is 0.489. The molecule has 0 aromatic heterocycles. The number of nitrogens with zero attached hydrogens (tertiary/aromatic N) is 1. The summed E-state index contributed by atoms with van der Waals surface area (Å²) in [7, 11) is 0. The maximum absolute atomic E-state index is 13.0. The van der Waals surface area contributed by atoms with Crippen LogP contribution in [0.25, 0.3) is 0 Å². The monoisotopic (exact) mass is 447 g/mol. The van der Waals surface area contributed by atoms with Gasteiger partial charge in [0.05, 0.1) is 6.04 Å². The van der Waals surface area contributed by atoms with Crippen molar-refractivity contribution in [2.45, 2.75) is 32.0 Å². The predicted molar refractivity (Wildman–Crippen MR) is 124 cm³/mol. The average molecular weight is 448 g/mol. The van der Waals surface area contributed by atoms with Gasteiger partial charge in [-0.2, -0.15) is 0 Å². The van der Waals surface area contributed by atoms with E-state index in [2.05, 4.69) is 10.6 Å². The van der Waals surface area contributed by atoms with Crippen LogP contribution in [-0.4, -0.2) is 17.7 Å². The van der Waals surface area contributed by atoms with Gasteiger partial charge in [-0.3, -0.25) is 9.69 Å². The summed E-state index contributed by atoms with van der Waals surface area (Å²) in [6, 6.07) is 19.6. The number of nitrogens with one attached hydrogen (secondary N) is 2. The molecule has 0 radical (unpaired) electrons. The molecule has 7 heteroatoms. The molecule has 1 saturated heterocycles. The van der Waals surface area contributed by atoms with Gasteiger partial charge in [-0.25, -0.2) is 4.79 Å². The zero-order valence-corrected chi connectivity index (χ0v) is 18.4. The second kappa shape index (κ2) is 7.57. The van der Waals surface area contributed by atoms with E-state index in [0.717, 1.165) is 16.8 Å². The molecule has 2 aliphatic heterocycles. The van der Waals surface area contributed by atoms with Crippen LogP contribution in [0.4, 0.5) is 16.2 Å². The molecule has 0 aliphatic carbocycles. The average Bonchev–Trinajstić information content (AvgIpc) is 2.74. The highest BCUT2D eigenvalue weighted by Crippen LogP contribution is 2.46. The van der Waals surface area contributed by atoms with E-state index >= 15 is 0 Å². The van der Waals surface area contributed by atoms with Gasteiger partial charge in [-0.1, -0.05) is 23.7 Å². The highest BCUT2D eigenvalue weighted by Gasteiger charge is 2.49. The molecule has 2 N–H and O–H groups in total. The molecule has 2 heterocycles. The van der Waals surface area contributed by atoms with Crippen molar-refractivity contribution in [1.82, 2.24) is 5.32 Å². The molecule has 2 bridgehead atoms. The largest absolute Gasteiger partial charge is 0.467 e. The number of ether oxygens (including phenoxy) is 1. The Morgan fingerprint density at radius 2 is 1.94 bits per heavy atom. The lowest BCUT2D eigenvalue weighted by molar-refractivity contribution is 0.0379. The summed E-state index contributed by atoms with van der Waals surface area (Å²) in [5, 5.41) is 6.55. The number of aryl methyl sites for hydroxylation is 1. The Bertz CT molecular complexity index is 1230. The predicted octanol–water partition coefficient (Wildman–Crippen LogP) is 5.67. The number of benzene rings is 3. The minimum absolute atomic E-state index is 0.175. The molecular weight excluding hydrogens is 426 g/mol.